The van der Waals surface area contributed by atoms with Crippen molar-refractivity contribution in [3.63, 3.8) is 0 Å². The molecule has 1 aromatic heterocycles. The van der Waals surface area contributed by atoms with E-state index in [1.807, 2.05) is 6.92 Å². The minimum atomic E-state index is -3.49. The van der Waals surface area contributed by atoms with Gasteiger partial charge in [-0.15, -0.1) is 0 Å². The third kappa shape index (κ3) is 4.31. The van der Waals surface area contributed by atoms with Crippen LogP contribution in [0.1, 0.15) is 34.6 Å². The van der Waals surface area contributed by atoms with Gasteiger partial charge in [-0.2, -0.15) is 0 Å². The van der Waals surface area contributed by atoms with E-state index in [1.165, 1.54) is 6.33 Å². The zero-order valence-corrected chi connectivity index (χ0v) is 13.2. The molecule has 0 unspecified atom stereocenters. The van der Waals surface area contributed by atoms with Gasteiger partial charge in [0.1, 0.15) is 0 Å². The average molecular weight is 287 g/mol. The van der Waals surface area contributed by atoms with Crippen LogP contribution in [0.3, 0.4) is 0 Å². The number of nitrogens with one attached hydrogen (secondary N) is 1. The van der Waals surface area contributed by atoms with E-state index in [0.717, 1.165) is 0 Å². The van der Waals surface area contributed by atoms with Crippen molar-refractivity contribution >= 4 is 10.0 Å². The Kier molecular flexibility index (Phi) is 5.55. The van der Waals surface area contributed by atoms with Crippen molar-refractivity contribution < 1.29 is 8.42 Å². The number of sulfonamides is 1. The van der Waals surface area contributed by atoms with E-state index in [4.69, 9.17) is 0 Å². The molecule has 0 saturated carbocycles. The summed E-state index contributed by atoms with van der Waals surface area (Å²) in [4.78, 5) is 3.94. The van der Waals surface area contributed by atoms with Crippen LogP contribution in [0, 0.1) is 17.8 Å². The SMILES string of the molecule is CCn1cnc(S(=O)(=O)NCC(C(C)C)C(C)C)c1. The summed E-state index contributed by atoms with van der Waals surface area (Å²) in [6, 6.07) is 0. The highest BCUT2D eigenvalue weighted by molar-refractivity contribution is 7.89. The van der Waals surface area contributed by atoms with Crippen molar-refractivity contribution in [3.8, 4) is 0 Å². The van der Waals surface area contributed by atoms with E-state index in [0.29, 0.717) is 30.8 Å². The van der Waals surface area contributed by atoms with Crippen molar-refractivity contribution in [2.75, 3.05) is 6.54 Å². The number of nitrogens with zero attached hydrogens (tertiary/aromatic N) is 2. The molecule has 0 radical (unpaired) electrons. The van der Waals surface area contributed by atoms with Crippen molar-refractivity contribution in [3.05, 3.63) is 12.5 Å². The minimum absolute atomic E-state index is 0.0978. The van der Waals surface area contributed by atoms with E-state index < -0.39 is 10.0 Å². The normalized spacial score (nSPS) is 12.8. The zero-order valence-electron chi connectivity index (χ0n) is 12.4. The lowest BCUT2D eigenvalue weighted by atomic mass is 9.86. The predicted octanol–water partition coefficient (Wildman–Crippen LogP) is 2.11. The van der Waals surface area contributed by atoms with Gasteiger partial charge in [0.2, 0.25) is 0 Å². The van der Waals surface area contributed by atoms with Crippen molar-refractivity contribution in [2.45, 2.75) is 46.2 Å². The van der Waals surface area contributed by atoms with Gasteiger partial charge in [0.05, 0.1) is 6.33 Å². The average Bonchev–Trinajstić information content (AvgIpc) is 2.77. The maximum atomic E-state index is 12.1. The van der Waals surface area contributed by atoms with Gasteiger partial charge in [0.15, 0.2) is 5.03 Å². The summed E-state index contributed by atoms with van der Waals surface area (Å²) in [5, 5.41) is 0.0978. The fourth-order valence-electron chi connectivity index (χ4n) is 2.17. The number of rotatable bonds is 7. The zero-order chi connectivity index (χ0) is 14.6. The molecule has 110 valence electrons. The van der Waals surface area contributed by atoms with Crippen molar-refractivity contribution in [2.24, 2.45) is 17.8 Å². The molecule has 0 aliphatic carbocycles. The van der Waals surface area contributed by atoms with Gasteiger partial charge in [-0.1, -0.05) is 27.7 Å². The van der Waals surface area contributed by atoms with Gasteiger partial charge in [0, 0.05) is 19.3 Å². The molecule has 1 rings (SSSR count). The first-order valence-corrected chi connectivity index (χ1v) is 8.27. The van der Waals surface area contributed by atoms with Crippen molar-refractivity contribution in [1.29, 1.82) is 0 Å². The summed E-state index contributed by atoms with van der Waals surface area (Å²) in [5.74, 6) is 1.20. The van der Waals surface area contributed by atoms with Gasteiger partial charge >= 0.3 is 0 Å². The molecule has 1 aromatic rings. The van der Waals surface area contributed by atoms with E-state index in [9.17, 15) is 8.42 Å². The monoisotopic (exact) mass is 287 g/mol. The van der Waals surface area contributed by atoms with E-state index in [2.05, 4.69) is 37.4 Å². The largest absolute Gasteiger partial charge is 0.336 e. The van der Waals surface area contributed by atoms with Gasteiger partial charge in [-0.05, 0) is 24.7 Å². The smallest absolute Gasteiger partial charge is 0.259 e. The Bertz CT molecular complexity index is 484. The van der Waals surface area contributed by atoms with Crippen LogP contribution in [0.2, 0.25) is 0 Å². The summed E-state index contributed by atoms with van der Waals surface area (Å²) < 4.78 is 28.7. The molecule has 0 bridgehead atoms. The van der Waals surface area contributed by atoms with Gasteiger partial charge in [-0.25, -0.2) is 18.1 Å². The Balaban J connectivity index is 2.74. The molecule has 0 amide bonds. The number of hydrogen-bond donors (Lipinski definition) is 1. The highest BCUT2D eigenvalue weighted by Gasteiger charge is 2.22. The van der Waals surface area contributed by atoms with Gasteiger partial charge in [0.25, 0.3) is 10.0 Å². The Labute approximate surface area is 116 Å². The summed E-state index contributed by atoms with van der Waals surface area (Å²) in [6.07, 6.45) is 3.10. The van der Waals surface area contributed by atoms with Crippen LogP contribution >= 0.6 is 0 Å². The molecule has 1 heterocycles. The molecule has 0 aromatic carbocycles. The number of aryl methyl sites for hydroxylation is 1. The highest BCUT2D eigenvalue weighted by atomic mass is 32.2. The lowest BCUT2D eigenvalue weighted by molar-refractivity contribution is 0.289. The lowest BCUT2D eigenvalue weighted by Crippen LogP contribution is -2.34. The van der Waals surface area contributed by atoms with Crippen LogP contribution in [0.15, 0.2) is 17.6 Å². The molecule has 1 N–H and O–H groups in total. The molecule has 0 aliphatic rings. The number of imidazole rings is 1. The van der Waals surface area contributed by atoms with Crippen LogP contribution in [0.5, 0.6) is 0 Å². The summed E-state index contributed by atoms with van der Waals surface area (Å²) in [6.45, 7) is 11.6. The Morgan fingerprint density at radius 3 is 2.26 bits per heavy atom. The maximum Gasteiger partial charge on any atom is 0.259 e. The summed E-state index contributed by atoms with van der Waals surface area (Å²) in [7, 11) is -3.49. The van der Waals surface area contributed by atoms with Crippen molar-refractivity contribution in [1.82, 2.24) is 14.3 Å². The molecule has 0 aliphatic heterocycles. The second-order valence-electron chi connectivity index (χ2n) is 5.55. The fourth-order valence-corrected chi connectivity index (χ4v) is 3.19. The molecule has 6 heteroatoms. The molecule has 5 nitrogen and oxygen atoms in total. The lowest BCUT2D eigenvalue weighted by Gasteiger charge is -2.24. The second-order valence-corrected chi connectivity index (χ2v) is 7.26. The Morgan fingerprint density at radius 1 is 1.26 bits per heavy atom. The molecule has 0 spiro atoms. The van der Waals surface area contributed by atoms with Crippen LogP contribution in [-0.4, -0.2) is 24.5 Å². The van der Waals surface area contributed by atoms with Crippen LogP contribution in [0.4, 0.5) is 0 Å². The number of aromatic nitrogens is 2. The standard InChI is InChI=1S/C13H25N3O2S/c1-6-16-8-13(14-9-16)19(17,18)15-7-12(10(2)3)11(4)5/h8-12,15H,6-7H2,1-5H3. The first-order chi connectivity index (χ1) is 8.77. The molecular formula is C13H25N3O2S. The minimum Gasteiger partial charge on any atom is -0.336 e. The Hall–Kier alpha value is -0.880. The van der Waals surface area contributed by atoms with E-state index >= 15 is 0 Å². The molecule has 0 fully saturated rings. The maximum absolute atomic E-state index is 12.1. The first kappa shape index (κ1) is 16.2. The quantitative estimate of drug-likeness (QED) is 0.835. The third-order valence-electron chi connectivity index (χ3n) is 3.47. The fraction of sp³-hybridized carbons (Fsp3) is 0.769. The van der Waals surface area contributed by atoms with E-state index in [-0.39, 0.29) is 5.03 Å². The van der Waals surface area contributed by atoms with Gasteiger partial charge < -0.3 is 4.57 Å². The molecule has 0 saturated heterocycles. The Morgan fingerprint density at radius 2 is 1.84 bits per heavy atom. The summed E-state index contributed by atoms with van der Waals surface area (Å²) >= 11 is 0. The van der Waals surface area contributed by atoms with Crippen LogP contribution in [0.25, 0.3) is 0 Å². The predicted molar refractivity (Wildman–Crippen MR) is 76.3 cm³/mol. The van der Waals surface area contributed by atoms with Gasteiger partial charge in [-0.3, -0.25) is 0 Å². The van der Waals surface area contributed by atoms with E-state index in [1.54, 1.807) is 10.8 Å². The second kappa shape index (κ2) is 6.52. The van der Waals surface area contributed by atoms with Crippen LogP contribution < -0.4 is 4.72 Å². The first-order valence-electron chi connectivity index (χ1n) is 6.79. The summed E-state index contributed by atoms with van der Waals surface area (Å²) in [5.41, 5.74) is 0. The molecule has 19 heavy (non-hydrogen) atoms. The van der Waals surface area contributed by atoms with Crippen LogP contribution in [-0.2, 0) is 16.6 Å². The molecular weight excluding hydrogens is 262 g/mol. The topological polar surface area (TPSA) is 64.0 Å². The molecule has 0 atom stereocenters. The highest BCUT2D eigenvalue weighted by Crippen LogP contribution is 2.20. The third-order valence-corrected chi connectivity index (χ3v) is 4.78. The number of hydrogen-bond acceptors (Lipinski definition) is 3.